The van der Waals surface area contributed by atoms with Crippen LogP contribution in [-0.2, 0) is 12.1 Å². The Morgan fingerprint density at radius 3 is 2.40 bits per heavy atom. The molecule has 0 bridgehead atoms. The molecule has 1 aliphatic heterocycles. The molecule has 0 aromatic heterocycles. The molecule has 2 aromatic carbocycles. The first kappa shape index (κ1) is 18.0. The van der Waals surface area contributed by atoms with E-state index in [0.717, 1.165) is 44.7 Å². The first-order valence-electron chi connectivity index (χ1n) is 9.34. The van der Waals surface area contributed by atoms with Gasteiger partial charge in [-0.25, -0.2) is 0 Å². The third-order valence-electron chi connectivity index (χ3n) is 5.47. The minimum absolute atomic E-state index is 0.728. The van der Waals surface area contributed by atoms with Gasteiger partial charge in [0.15, 0.2) is 0 Å². The molecule has 1 heterocycles. The topological polar surface area (TPSA) is 26.7 Å². The van der Waals surface area contributed by atoms with E-state index in [1.54, 1.807) is 0 Å². The molecule has 1 fully saturated rings. The number of nitrogens with zero attached hydrogens (tertiary/aromatic N) is 2. The fourth-order valence-corrected chi connectivity index (χ4v) is 3.53. The van der Waals surface area contributed by atoms with Crippen LogP contribution in [0.4, 0.5) is 5.69 Å². The lowest BCUT2D eigenvalue weighted by atomic mass is 9.92. The Morgan fingerprint density at radius 2 is 1.72 bits per heavy atom. The summed E-state index contributed by atoms with van der Waals surface area (Å²) in [4.78, 5) is 5.00. The number of aryl methyl sites for hydroxylation is 1. The van der Waals surface area contributed by atoms with Crippen LogP contribution in [-0.4, -0.2) is 36.2 Å². The molecule has 3 rings (SSSR count). The minimum atomic E-state index is -0.737. The SMILES string of the molecule is CCC(C)(O)c1cccc(CN2CCN(c3ccccc3C)CC2)c1. The molecule has 1 aliphatic rings. The maximum atomic E-state index is 10.5. The number of hydrogen-bond acceptors (Lipinski definition) is 3. The maximum absolute atomic E-state index is 10.5. The van der Waals surface area contributed by atoms with Gasteiger partial charge in [0, 0.05) is 38.4 Å². The van der Waals surface area contributed by atoms with Crippen molar-refractivity contribution in [1.82, 2.24) is 4.90 Å². The van der Waals surface area contributed by atoms with E-state index in [0.29, 0.717) is 0 Å². The van der Waals surface area contributed by atoms with Crippen LogP contribution < -0.4 is 4.90 Å². The second kappa shape index (κ2) is 7.59. The molecule has 1 atom stereocenters. The van der Waals surface area contributed by atoms with E-state index in [2.05, 4.69) is 59.2 Å². The highest BCUT2D eigenvalue weighted by Gasteiger charge is 2.22. The molecule has 3 nitrogen and oxygen atoms in total. The normalized spacial score (nSPS) is 18.2. The Labute approximate surface area is 151 Å². The van der Waals surface area contributed by atoms with Gasteiger partial charge in [-0.05, 0) is 43.0 Å². The highest BCUT2D eigenvalue weighted by atomic mass is 16.3. The van der Waals surface area contributed by atoms with Crippen LogP contribution in [0.2, 0.25) is 0 Å². The molecular formula is C22H30N2O. The average Bonchev–Trinajstić information content (AvgIpc) is 2.63. The summed E-state index contributed by atoms with van der Waals surface area (Å²) in [6.07, 6.45) is 0.728. The third kappa shape index (κ3) is 4.23. The zero-order chi connectivity index (χ0) is 17.9. The van der Waals surface area contributed by atoms with Crippen molar-refractivity contribution in [2.45, 2.75) is 39.3 Å². The summed E-state index contributed by atoms with van der Waals surface area (Å²) < 4.78 is 0. The molecule has 3 heteroatoms. The molecule has 1 saturated heterocycles. The minimum Gasteiger partial charge on any atom is -0.385 e. The highest BCUT2D eigenvalue weighted by molar-refractivity contribution is 5.53. The summed E-state index contributed by atoms with van der Waals surface area (Å²) in [7, 11) is 0. The van der Waals surface area contributed by atoms with Crippen molar-refractivity contribution in [3.8, 4) is 0 Å². The third-order valence-corrected chi connectivity index (χ3v) is 5.47. The summed E-state index contributed by atoms with van der Waals surface area (Å²) in [6, 6.07) is 17.1. The largest absolute Gasteiger partial charge is 0.385 e. The summed E-state index contributed by atoms with van der Waals surface area (Å²) in [6.45, 7) is 11.3. The van der Waals surface area contributed by atoms with Crippen molar-refractivity contribution in [3.63, 3.8) is 0 Å². The van der Waals surface area contributed by atoms with Gasteiger partial charge in [0.05, 0.1) is 5.60 Å². The van der Waals surface area contributed by atoms with E-state index in [-0.39, 0.29) is 0 Å². The van der Waals surface area contributed by atoms with E-state index in [9.17, 15) is 5.11 Å². The molecular weight excluding hydrogens is 308 g/mol. The lowest BCUT2D eigenvalue weighted by Gasteiger charge is -2.37. The standard InChI is InChI=1S/C22H30N2O/c1-4-22(3,25)20-10-7-9-19(16-20)17-23-12-14-24(15-13-23)21-11-6-5-8-18(21)2/h5-11,16,25H,4,12-15,17H2,1-3H3. The van der Waals surface area contributed by atoms with Crippen LogP contribution in [0.5, 0.6) is 0 Å². The lowest BCUT2D eigenvalue weighted by molar-refractivity contribution is 0.0529. The van der Waals surface area contributed by atoms with Gasteiger partial charge in [-0.2, -0.15) is 0 Å². The molecule has 0 spiro atoms. The number of para-hydroxylation sites is 1. The van der Waals surface area contributed by atoms with Gasteiger partial charge in [0.25, 0.3) is 0 Å². The summed E-state index contributed by atoms with van der Waals surface area (Å²) >= 11 is 0. The van der Waals surface area contributed by atoms with Crippen LogP contribution in [0, 0.1) is 6.92 Å². The van der Waals surface area contributed by atoms with Crippen LogP contribution in [0.15, 0.2) is 48.5 Å². The quantitative estimate of drug-likeness (QED) is 0.895. The predicted molar refractivity (Wildman–Crippen MR) is 105 cm³/mol. The monoisotopic (exact) mass is 338 g/mol. The summed E-state index contributed by atoms with van der Waals surface area (Å²) in [5.41, 5.74) is 4.29. The Hall–Kier alpha value is -1.84. The van der Waals surface area contributed by atoms with Crippen molar-refractivity contribution < 1.29 is 5.11 Å². The van der Waals surface area contributed by atoms with Gasteiger partial charge >= 0.3 is 0 Å². The molecule has 2 aromatic rings. The molecule has 1 N–H and O–H groups in total. The zero-order valence-corrected chi connectivity index (χ0v) is 15.7. The smallest absolute Gasteiger partial charge is 0.0866 e. The van der Waals surface area contributed by atoms with Crippen molar-refractivity contribution in [3.05, 3.63) is 65.2 Å². The van der Waals surface area contributed by atoms with Gasteiger partial charge in [-0.1, -0.05) is 49.4 Å². The van der Waals surface area contributed by atoms with E-state index in [4.69, 9.17) is 0 Å². The van der Waals surface area contributed by atoms with Gasteiger partial charge in [-0.3, -0.25) is 4.90 Å². The zero-order valence-electron chi connectivity index (χ0n) is 15.7. The lowest BCUT2D eigenvalue weighted by Crippen LogP contribution is -2.46. The van der Waals surface area contributed by atoms with Crippen molar-refractivity contribution in [1.29, 1.82) is 0 Å². The number of hydrogen-bond donors (Lipinski definition) is 1. The molecule has 0 radical (unpaired) electrons. The van der Waals surface area contributed by atoms with Crippen LogP contribution >= 0.6 is 0 Å². The van der Waals surface area contributed by atoms with Gasteiger partial charge in [-0.15, -0.1) is 0 Å². The second-order valence-corrected chi connectivity index (χ2v) is 7.38. The Balaban J connectivity index is 1.61. The van der Waals surface area contributed by atoms with E-state index < -0.39 is 5.60 Å². The first-order valence-corrected chi connectivity index (χ1v) is 9.34. The number of rotatable bonds is 5. The van der Waals surface area contributed by atoms with Gasteiger partial charge in [0.2, 0.25) is 0 Å². The fourth-order valence-electron chi connectivity index (χ4n) is 3.53. The van der Waals surface area contributed by atoms with E-state index in [1.807, 2.05) is 19.9 Å². The fraction of sp³-hybridized carbons (Fsp3) is 0.455. The summed E-state index contributed by atoms with van der Waals surface area (Å²) in [5, 5.41) is 10.5. The van der Waals surface area contributed by atoms with Crippen LogP contribution in [0.1, 0.15) is 37.0 Å². The Morgan fingerprint density at radius 1 is 1.00 bits per heavy atom. The van der Waals surface area contributed by atoms with Gasteiger partial charge < -0.3 is 10.0 Å². The molecule has 1 unspecified atom stereocenters. The first-order chi connectivity index (χ1) is 12.0. The van der Waals surface area contributed by atoms with Crippen molar-refractivity contribution >= 4 is 5.69 Å². The Kier molecular flexibility index (Phi) is 5.45. The average molecular weight is 338 g/mol. The predicted octanol–water partition coefficient (Wildman–Crippen LogP) is 3.93. The summed E-state index contributed by atoms with van der Waals surface area (Å²) in [5.74, 6) is 0. The number of benzene rings is 2. The molecule has 0 saturated carbocycles. The van der Waals surface area contributed by atoms with E-state index >= 15 is 0 Å². The van der Waals surface area contributed by atoms with Gasteiger partial charge in [0.1, 0.15) is 0 Å². The van der Waals surface area contributed by atoms with Crippen LogP contribution in [0.25, 0.3) is 0 Å². The molecule has 25 heavy (non-hydrogen) atoms. The van der Waals surface area contributed by atoms with E-state index in [1.165, 1.54) is 16.8 Å². The maximum Gasteiger partial charge on any atom is 0.0866 e. The number of aliphatic hydroxyl groups is 1. The highest BCUT2D eigenvalue weighted by Crippen LogP contribution is 2.26. The second-order valence-electron chi connectivity index (χ2n) is 7.38. The molecule has 0 aliphatic carbocycles. The number of anilines is 1. The Bertz CT molecular complexity index is 703. The van der Waals surface area contributed by atoms with Crippen LogP contribution in [0.3, 0.4) is 0 Å². The van der Waals surface area contributed by atoms with Crippen molar-refractivity contribution in [2.75, 3.05) is 31.1 Å². The molecule has 0 amide bonds. The number of piperazine rings is 1. The molecule has 134 valence electrons. The van der Waals surface area contributed by atoms with Crippen molar-refractivity contribution in [2.24, 2.45) is 0 Å².